The Labute approximate surface area is 231 Å². The van der Waals surface area contributed by atoms with Crippen molar-refractivity contribution in [3.8, 4) is 5.75 Å². The molecular weight excluding hydrogens is 572 g/mol. The molecule has 0 saturated carbocycles. The van der Waals surface area contributed by atoms with E-state index < -0.39 is 58.5 Å². The van der Waals surface area contributed by atoms with Crippen LogP contribution in [0.3, 0.4) is 0 Å². The summed E-state index contributed by atoms with van der Waals surface area (Å²) in [4.78, 5) is 46.5. The van der Waals surface area contributed by atoms with Gasteiger partial charge in [0, 0.05) is 17.4 Å². The SMILES string of the molecule is CC1(C)[C@H](CC(=O)/C(=N\OC(COc2ccc(C(=N)N)cc2)CC(=O)O)c2csc(N)n2)C(=O)N1OS(=O)(=O)O. The van der Waals surface area contributed by atoms with Crippen LogP contribution in [0.1, 0.15) is 37.9 Å². The van der Waals surface area contributed by atoms with Crippen LogP contribution in [-0.2, 0) is 33.9 Å². The Bertz CT molecular complexity index is 1440. The van der Waals surface area contributed by atoms with Crippen molar-refractivity contribution in [2.45, 2.75) is 38.3 Å². The first kappa shape index (κ1) is 30.4. The summed E-state index contributed by atoms with van der Waals surface area (Å²) in [5.74, 6) is -3.71. The van der Waals surface area contributed by atoms with Crippen molar-refractivity contribution in [1.82, 2.24) is 10.0 Å². The maximum atomic E-state index is 13.2. The van der Waals surface area contributed by atoms with Gasteiger partial charge < -0.3 is 26.1 Å². The van der Waals surface area contributed by atoms with Crippen LogP contribution in [0, 0.1) is 11.3 Å². The van der Waals surface area contributed by atoms with Crippen LogP contribution in [-0.4, -0.2) is 75.6 Å². The highest BCUT2D eigenvalue weighted by Gasteiger charge is 2.57. The van der Waals surface area contributed by atoms with E-state index in [-0.39, 0.29) is 29.0 Å². The minimum absolute atomic E-state index is 0.0120. The van der Waals surface area contributed by atoms with Crippen LogP contribution in [0.25, 0.3) is 0 Å². The van der Waals surface area contributed by atoms with Gasteiger partial charge in [-0.2, -0.15) is 13.5 Å². The number of nitrogens with one attached hydrogen (secondary N) is 1. The number of aromatic nitrogens is 1. The van der Waals surface area contributed by atoms with Crippen molar-refractivity contribution < 1.29 is 46.3 Å². The molecule has 2 atom stereocenters. The number of carboxylic acid groups (broad SMARTS) is 1. The third kappa shape index (κ3) is 7.50. The third-order valence-electron chi connectivity index (χ3n) is 5.76. The molecule has 3 rings (SSSR count). The second kappa shape index (κ2) is 11.9. The van der Waals surface area contributed by atoms with Gasteiger partial charge in [-0.3, -0.25) is 24.3 Å². The van der Waals surface area contributed by atoms with Crippen LogP contribution in [0.5, 0.6) is 5.75 Å². The van der Waals surface area contributed by atoms with E-state index in [2.05, 4.69) is 14.4 Å². The highest BCUT2D eigenvalue weighted by atomic mass is 32.3. The van der Waals surface area contributed by atoms with Crippen LogP contribution in [0.4, 0.5) is 5.13 Å². The molecule has 18 heteroatoms. The van der Waals surface area contributed by atoms with Gasteiger partial charge in [0.25, 0.3) is 5.91 Å². The molecule has 1 amide bonds. The maximum absolute atomic E-state index is 13.2. The molecule has 0 spiro atoms. The van der Waals surface area contributed by atoms with E-state index in [4.69, 9.17) is 31.0 Å². The molecule has 1 fully saturated rings. The van der Waals surface area contributed by atoms with Gasteiger partial charge in [-0.1, -0.05) is 5.16 Å². The van der Waals surface area contributed by atoms with Crippen LogP contribution in [0.2, 0.25) is 0 Å². The molecule has 0 aliphatic carbocycles. The lowest BCUT2D eigenvalue weighted by atomic mass is 9.74. The lowest BCUT2D eigenvalue weighted by Gasteiger charge is -2.50. The number of carboxylic acids is 1. The van der Waals surface area contributed by atoms with Crippen molar-refractivity contribution in [3.63, 3.8) is 0 Å². The van der Waals surface area contributed by atoms with Crippen molar-refractivity contribution in [2.75, 3.05) is 12.3 Å². The largest absolute Gasteiger partial charge is 0.490 e. The number of carbonyl (C=O) groups is 3. The van der Waals surface area contributed by atoms with Gasteiger partial charge in [-0.05, 0) is 38.1 Å². The summed E-state index contributed by atoms with van der Waals surface area (Å²) in [7, 11) is -4.98. The van der Waals surface area contributed by atoms with Gasteiger partial charge in [0.05, 0.1) is 17.9 Å². The quantitative estimate of drug-likeness (QED) is 0.0656. The van der Waals surface area contributed by atoms with E-state index in [9.17, 15) is 27.9 Å². The number of aliphatic carboxylic acids is 1. The molecule has 216 valence electrons. The molecule has 7 N–H and O–H groups in total. The minimum atomic E-state index is -4.98. The zero-order chi connectivity index (χ0) is 29.8. The average molecular weight is 599 g/mol. The summed E-state index contributed by atoms with van der Waals surface area (Å²) in [5.41, 5.74) is 9.92. The lowest BCUT2D eigenvalue weighted by Crippen LogP contribution is -2.68. The van der Waals surface area contributed by atoms with E-state index in [1.807, 2.05) is 0 Å². The second-order valence-corrected chi connectivity index (χ2v) is 10.9. The van der Waals surface area contributed by atoms with Gasteiger partial charge in [0.1, 0.15) is 23.9 Å². The Balaban J connectivity index is 1.78. The van der Waals surface area contributed by atoms with Crippen molar-refractivity contribution in [2.24, 2.45) is 16.8 Å². The third-order valence-corrected chi connectivity index (χ3v) is 6.77. The first-order valence-corrected chi connectivity index (χ1v) is 13.6. The van der Waals surface area contributed by atoms with Crippen LogP contribution >= 0.6 is 11.3 Å². The summed E-state index contributed by atoms with van der Waals surface area (Å²) < 4.78 is 40.9. The number of nitrogens with two attached hydrogens (primary N) is 2. The smallest absolute Gasteiger partial charge is 0.418 e. The number of amidine groups is 1. The van der Waals surface area contributed by atoms with E-state index in [0.29, 0.717) is 16.4 Å². The van der Waals surface area contributed by atoms with E-state index in [1.165, 1.54) is 43.5 Å². The predicted molar refractivity (Wildman–Crippen MR) is 140 cm³/mol. The molecule has 1 aliphatic rings. The topological polar surface area (TPSA) is 258 Å². The zero-order valence-corrected chi connectivity index (χ0v) is 22.8. The summed E-state index contributed by atoms with van der Waals surface area (Å²) >= 11 is 0.997. The number of β-lactam (4-membered cyclic amide) rings is 1. The Morgan fingerprint density at radius 1 is 1.30 bits per heavy atom. The van der Waals surface area contributed by atoms with Gasteiger partial charge in [-0.25, -0.2) is 4.98 Å². The Hall–Kier alpha value is -4.13. The highest BCUT2D eigenvalue weighted by molar-refractivity contribution is 7.80. The Morgan fingerprint density at radius 3 is 2.45 bits per heavy atom. The Morgan fingerprint density at radius 2 is 1.95 bits per heavy atom. The first-order chi connectivity index (χ1) is 18.6. The molecule has 2 heterocycles. The van der Waals surface area contributed by atoms with Gasteiger partial charge in [0.2, 0.25) is 0 Å². The van der Waals surface area contributed by atoms with E-state index in [1.54, 1.807) is 0 Å². The number of thiazole rings is 1. The predicted octanol–water partition coefficient (Wildman–Crippen LogP) is 0.583. The summed E-state index contributed by atoms with van der Waals surface area (Å²) in [6, 6.07) is 6.13. The zero-order valence-electron chi connectivity index (χ0n) is 21.1. The molecule has 0 bridgehead atoms. The number of carbonyl (C=O) groups excluding carboxylic acids is 2. The molecule has 0 radical (unpaired) electrons. The molecule has 1 unspecified atom stereocenters. The molecule has 16 nitrogen and oxygen atoms in total. The number of rotatable bonds is 14. The number of ketones is 1. The second-order valence-electron chi connectivity index (χ2n) is 9.05. The number of benzene rings is 1. The normalized spacial score (nSPS) is 17.6. The number of hydroxylamine groups is 2. The summed E-state index contributed by atoms with van der Waals surface area (Å²) in [5, 5.41) is 22.5. The molecule has 1 aliphatic heterocycles. The molecule has 2 aromatic rings. The first-order valence-electron chi connectivity index (χ1n) is 11.4. The van der Waals surface area contributed by atoms with E-state index >= 15 is 0 Å². The number of oxime groups is 1. The summed E-state index contributed by atoms with van der Waals surface area (Å²) in [6.07, 6.45) is -2.19. The highest BCUT2D eigenvalue weighted by Crippen LogP contribution is 2.40. The number of nitrogens with zero attached hydrogens (tertiary/aromatic N) is 3. The van der Waals surface area contributed by atoms with Crippen molar-refractivity contribution in [1.29, 1.82) is 5.41 Å². The number of hydrogen-bond donors (Lipinski definition) is 5. The monoisotopic (exact) mass is 598 g/mol. The number of Topliss-reactive ketones (excluding diaryl/α,β-unsaturated/α-hetero) is 1. The number of nitrogen functional groups attached to an aromatic ring is 2. The number of ether oxygens (including phenoxy) is 1. The van der Waals surface area contributed by atoms with Gasteiger partial charge in [0.15, 0.2) is 22.7 Å². The number of anilines is 1. The fourth-order valence-corrected chi connectivity index (χ4v) is 4.66. The van der Waals surface area contributed by atoms with Crippen molar-refractivity contribution in [3.05, 3.63) is 40.9 Å². The molecular formula is C22H26N6O10S2. The molecule has 40 heavy (non-hydrogen) atoms. The maximum Gasteiger partial charge on any atom is 0.418 e. The van der Waals surface area contributed by atoms with Gasteiger partial charge >= 0.3 is 16.4 Å². The molecule has 1 aromatic heterocycles. The fraction of sp³-hybridized carbons (Fsp3) is 0.364. The van der Waals surface area contributed by atoms with Crippen LogP contribution < -0.4 is 16.2 Å². The number of amides is 1. The Kier molecular flexibility index (Phi) is 9.08. The molecule has 1 saturated heterocycles. The van der Waals surface area contributed by atoms with Crippen molar-refractivity contribution >= 4 is 56.1 Å². The lowest BCUT2D eigenvalue weighted by molar-refractivity contribution is -0.228. The minimum Gasteiger partial charge on any atom is -0.490 e. The summed E-state index contributed by atoms with van der Waals surface area (Å²) in [6.45, 7) is 2.57. The average Bonchev–Trinajstić information content (AvgIpc) is 3.29. The molecule has 1 aromatic carbocycles. The fourth-order valence-electron chi connectivity index (χ4n) is 3.65. The van der Waals surface area contributed by atoms with E-state index in [0.717, 1.165) is 11.3 Å². The van der Waals surface area contributed by atoms with Crippen LogP contribution in [0.15, 0.2) is 34.8 Å². The number of hydrogen-bond acceptors (Lipinski definition) is 13. The van der Waals surface area contributed by atoms with Gasteiger partial charge in [-0.15, -0.1) is 15.6 Å². The standard InChI is InChI=1S/C22H26N6O10S2/c1-22(2)14(20(32)28(22)38-40(33,34)35)8-16(29)18(15-10-39-21(25)26-15)27-37-13(7-17(30)31)9-36-12-5-3-11(4-6-12)19(23)24/h3-6,10,13-14H,7-9H2,1-2H3,(H3,23,24)(H2,25,26)(H,30,31)(H,33,34,35)/b27-18-/t13?,14-/m1/s1.